The van der Waals surface area contributed by atoms with Gasteiger partial charge in [-0.25, -0.2) is 4.79 Å². The van der Waals surface area contributed by atoms with Gasteiger partial charge in [0.1, 0.15) is 5.75 Å². The zero-order chi connectivity index (χ0) is 15.9. The molecule has 2 aromatic rings. The van der Waals surface area contributed by atoms with Crippen molar-refractivity contribution in [1.29, 1.82) is 0 Å². The van der Waals surface area contributed by atoms with Gasteiger partial charge in [-0.1, -0.05) is 55.8 Å². The molecular formula is C20H22O2. The fourth-order valence-corrected chi connectivity index (χ4v) is 2.09. The Hall–Kier alpha value is -2.35. The van der Waals surface area contributed by atoms with Gasteiger partial charge in [0.25, 0.3) is 0 Å². The molecule has 2 nitrogen and oxygen atoms in total. The molecule has 0 fully saturated rings. The first-order valence-electron chi connectivity index (χ1n) is 7.65. The summed E-state index contributed by atoms with van der Waals surface area (Å²) in [6.45, 7) is 6.38. The van der Waals surface area contributed by atoms with E-state index in [4.69, 9.17) is 4.74 Å². The van der Waals surface area contributed by atoms with Crippen LogP contribution in [0.1, 0.15) is 42.9 Å². The van der Waals surface area contributed by atoms with E-state index in [-0.39, 0.29) is 5.97 Å². The van der Waals surface area contributed by atoms with Gasteiger partial charge in [-0.15, -0.1) is 0 Å². The normalized spacial score (nSPS) is 12.3. The van der Waals surface area contributed by atoms with Crippen LogP contribution < -0.4 is 4.74 Å². The number of carbonyl (C=O) groups is 1. The molecule has 0 amide bonds. The number of esters is 1. The van der Waals surface area contributed by atoms with Crippen molar-refractivity contribution in [3.8, 4) is 5.75 Å². The average Bonchev–Trinajstić information content (AvgIpc) is 2.54. The van der Waals surface area contributed by atoms with Crippen LogP contribution in [0.3, 0.4) is 0 Å². The van der Waals surface area contributed by atoms with E-state index in [1.807, 2.05) is 55.5 Å². The fraction of sp³-hybridized carbons (Fsp3) is 0.250. The van der Waals surface area contributed by atoms with Gasteiger partial charge in [-0.3, -0.25) is 0 Å². The van der Waals surface area contributed by atoms with Crippen LogP contribution in [0.2, 0.25) is 0 Å². The van der Waals surface area contributed by atoms with Crippen molar-refractivity contribution < 1.29 is 9.53 Å². The third-order valence-corrected chi connectivity index (χ3v) is 3.77. The first-order valence-corrected chi connectivity index (χ1v) is 7.65. The maximum Gasteiger partial charge on any atom is 0.336 e. The van der Waals surface area contributed by atoms with E-state index in [1.165, 1.54) is 17.2 Å². The van der Waals surface area contributed by atoms with Crippen molar-refractivity contribution in [1.82, 2.24) is 0 Å². The van der Waals surface area contributed by atoms with Crippen LogP contribution >= 0.6 is 0 Å². The number of ether oxygens (including phenoxy) is 1. The molecule has 0 saturated carbocycles. The summed E-state index contributed by atoms with van der Waals surface area (Å²) in [7, 11) is 0. The molecule has 0 aromatic heterocycles. The zero-order valence-corrected chi connectivity index (χ0v) is 13.4. The molecule has 0 aliphatic heterocycles. The van der Waals surface area contributed by atoms with Gasteiger partial charge in [-0.05, 0) is 48.6 Å². The van der Waals surface area contributed by atoms with Crippen molar-refractivity contribution in [3.05, 3.63) is 71.3 Å². The highest BCUT2D eigenvalue weighted by molar-refractivity contribution is 5.88. The monoisotopic (exact) mass is 294 g/mol. The van der Waals surface area contributed by atoms with Crippen molar-refractivity contribution in [2.24, 2.45) is 0 Å². The SMILES string of the molecule is CCC(C)c1ccc(OC(=O)/C=C/c2ccc(C)cc2)cc1. The molecule has 0 radical (unpaired) electrons. The number of rotatable bonds is 5. The number of carbonyl (C=O) groups excluding carboxylic acids is 1. The highest BCUT2D eigenvalue weighted by Crippen LogP contribution is 2.21. The molecule has 0 aliphatic carbocycles. The lowest BCUT2D eigenvalue weighted by molar-refractivity contribution is -0.128. The topological polar surface area (TPSA) is 26.3 Å². The van der Waals surface area contributed by atoms with E-state index in [2.05, 4.69) is 13.8 Å². The van der Waals surface area contributed by atoms with Gasteiger partial charge >= 0.3 is 5.97 Å². The predicted octanol–water partition coefficient (Wildman–Crippen LogP) is 5.13. The molecule has 0 heterocycles. The largest absolute Gasteiger partial charge is 0.423 e. The van der Waals surface area contributed by atoms with Crippen molar-refractivity contribution in [2.45, 2.75) is 33.1 Å². The van der Waals surface area contributed by atoms with E-state index < -0.39 is 0 Å². The van der Waals surface area contributed by atoms with Crippen LogP contribution in [0.15, 0.2) is 54.6 Å². The number of benzene rings is 2. The number of hydrogen-bond donors (Lipinski definition) is 0. The molecule has 1 unspecified atom stereocenters. The maximum absolute atomic E-state index is 11.8. The van der Waals surface area contributed by atoms with E-state index in [1.54, 1.807) is 6.08 Å². The Morgan fingerprint density at radius 3 is 2.32 bits per heavy atom. The molecular weight excluding hydrogens is 272 g/mol. The summed E-state index contributed by atoms with van der Waals surface area (Å²) in [4.78, 5) is 11.8. The van der Waals surface area contributed by atoms with Gasteiger partial charge in [0.05, 0.1) is 0 Å². The predicted molar refractivity (Wildman–Crippen MR) is 91.0 cm³/mol. The van der Waals surface area contributed by atoms with E-state index in [0.29, 0.717) is 11.7 Å². The Balaban J connectivity index is 1.95. The van der Waals surface area contributed by atoms with Gasteiger partial charge in [0, 0.05) is 6.08 Å². The molecule has 0 aliphatic rings. The second-order valence-electron chi connectivity index (χ2n) is 5.54. The van der Waals surface area contributed by atoms with Gasteiger partial charge in [0.15, 0.2) is 0 Å². The van der Waals surface area contributed by atoms with Crippen molar-refractivity contribution in [2.75, 3.05) is 0 Å². The maximum atomic E-state index is 11.8. The third kappa shape index (κ3) is 4.59. The zero-order valence-electron chi connectivity index (χ0n) is 13.4. The molecule has 2 rings (SSSR count). The summed E-state index contributed by atoms with van der Waals surface area (Å²) in [5, 5.41) is 0. The molecule has 0 spiro atoms. The summed E-state index contributed by atoms with van der Waals surface area (Å²) < 4.78 is 5.30. The van der Waals surface area contributed by atoms with Crippen molar-refractivity contribution in [3.63, 3.8) is 0 Å². The third-order valence-electron chi connectivity index (χ3n) is 3.77. The first kappa shape index (κ1) is 16.0. The van der Waals surface area contributed by atoms with Crippen molar-refractivity contribution >= 4 is 12.0 Å². The van der Waals surface area contributed by atoms with Gasteiger partial charge < -0.3 is 4.74 Å². The minimum absolute atomic E-state index is 0.364. The lowest BCUT2D eigenvalue weighted by Gasteiger charge is -2.09. The molecule has 114 valence electrons. The number of hydrogen-bond acceptors (Lipinski definition) is 2. The van der Waals surface area contributed by atoms with E-state index in [0.717, 1.165) is 12.0 Å². The molecule has 0 N–H and O–H groups in total. The van der Waals surface area contributed by atoms with Crippen LogP contribution in [0.25, 0.3) is 6.08 Å². The molecule has 22 heavy (non-hydrogen) atoms. The first-order chi connectivity index (χ1) is 10.6. The van der Waals surface area contributed by atoms with Crippen LogP contribution in [0.5, 0.6) is 5.75 Å². The van der Waals surface area contributed by atoms with Crippen LogP contribution in [0, 0.1) is 6.92 Å². The molecule has 2 heteroatoms. The van der Waals surface area contributed by atoms with E-state index >= 15 is 0 Å². The summed E-state index contributed by atoms with van der Waals surface area (Å²) in [6, 6.07) is 15.7. The minimum atomic E-state index is -0.364. The molecule has 0 saturated heterocycles. The lowest BCUT2D eigenvalue weighted by atomic mass is 9.99. The molecule has 0 bridgehead atoms. The Morgan fingerprint density at radius 1 is 1.09 bits per heavy atom. The Bertz CT molecular complexity index is 636. The van der Waals surface area contributed by atoms with Gasteiger partial charge in [-0.2, -0.15) is 0 Å². The minimum Gasteiger partial charge on any atom is -0.423 e. The molecule has 2 aromatic carbocycles. The Labute approximate surface area is 132 Å². The number of aryl methyl sites for hydroxylation is 1. The Kier molecular flexibility index (Phi) is 5.54. The second-order valence-corrected chi connectivity index (χ2v) is 5.54. The van der Waals surface area contributed by atoms with Crippen LogP contribution in [0.4, 0.5) is 0 Å². The van der Waals surface area contributed by atoms with Crippen LogP contribution in [-0.4, -0.2) is 5.97 Å². The highest BCUT2D eigenvalue weighted by Gasteiger charge is 2.04. The summed E-state index contributed by atoms with van der Waals surface area (Å²) in [5.41, 5.74) is 3.44. The highest BCUT2D eigenvalue weighted by atomic mass is 16.5. The summed E-state index contributed by atoms with van der Waals surface area (Å²) in [5.74, 6) is 0.730. The standard InChI is InChI=1S/C20H22O2/c1-4-16(3)18-10-12-19(13-11-18)22-20(21)14-9-17-7-5-15(2)6-8-17/h5-14,16H,4H2,1-3H3/b14-9+. The fourth-order valence-electron chi connectivity index (χ4n) is 2.09. The lowest BCUT2D eigenvalue weighted by Crippen LogP contribution is -2.03. The summed E-state index contributed by atoms with van der Waals surface area (Å²) in [6.07, 6.45) is 4.31. The molecule has 1 atom stereocenters. The Morgan fingerprint density at radius 2 is 1.73 bits per heavy atom. The quantitative estimate of drug-likeness (QED) is 0.434. The van der Waals surface area contributed by atoms with Gasteiger partial charge in [0.2, 0.25) is 0 Å². The smallest absolute Gasteiger partial charge is 0.336 e. The average molecular weight is 294 g/mol. The summed E-state index contributed by atoms with van der Waals surface area (Å²) >= 11 is 0. The van der Waals surface area contributed by atoms with Crippen LogP contribution in [-0.2, 0) is 4.79 Å². The van der Waals surface area contributed by atoms with E-state index in [9.17, 15) is 4.79 Å². The second kappa shape index (κ2) is 7.60.